The Hall–Kier alpha value is -1.26. The number of aliphatic hydroxyl groups excluding tert-OH is 1. The number of aliphatic hydroxyl groups is 1. The molecule has 0 bridgehead atoms. The fraction of sp³-hybridized carbons (Fsp3) is 0.720. The molecule has 30 heavy (non-hydrogen) atoms. The van der Waals surface area contributed by atoms with Crippen LogP contribution in [0, 0.1) is 0 Å². The number of halogens is 1. The first kappa shape index (κ1) is 26.8. The van der Waals surface area contributed by atoms with Crippen molar-refractivity contribution >= 4 is 17.5 Å². The molecule has 1 amide bonds. The van der Waals surface area contributed by atoms with Gasteiger partial charge in [0, 0.05) is 6.42 Å². The summed E-state index contributed by atoms with van der Waals surface area (Å²) in [6.45, 7) is 4.40. The molecule has 4 nitrogen and oxygen atoms in total. The van der Waals surface area contributed by atoms with Crippen molar-refractivity contribution in [3.63, 3.8) is 0 Å². The molecule has 0 aliphatic rings. The van der Waals surface area contributed by atoms with E-state index in [0.717, 1.165) is 32.1 Å². The first-order valence-corrected chi connectivity index (χ1v) is 12.2. The van der Waals surface area contributed by atoms with Crippen LogP contribution in [0.2, 0.25) is 5.02 Å². The van der Waals surface area contributed by atoms with Gasteiger partial charge >= 0.3 is 0 Å². The van der Waals surface area contributed by atoms with Gasteiger partial charge in [-0.3, -0.25) is 4.79 Å². The monoisotopic (exact) mass is 439 g/mol. The van der Waals surface area contributed by atoms with E-state index in [1.54, 1.807) is 19.2 Å². The van der Waals surface area contributed by atoms with Crippen LogP contribution >= 0.6 is 11.6 Å². The number of unbranched alkanes of at least 4 members (excludes halogenated alkanes) is 9. The number of amides is 1. The van der Waals surface area contributed by atoms with Crippen LogP contribution in [0.1, 0.15) is 109 Å². The topological polar surface area (TPSA) is 58.6 Å². The Morgan fingerprint density at radius 2 is 1.60 bits per heavy atom. The molecule has 0 saturated heterocycles. The number of benzene rings is 1. The molecular formula is C25H42ClNO3. The summed E-state index contributed by atoms with van der Waals surface area (Å²) in [5, 5.41) is 14.5. The number of rotatable bonds is 17. The third-order valence-corrected chi connectivity index (χ3v) is 5.92. The molecule has 5 heteroatoms. The fourth-order valence-electron chi connectivity index (χ4n) is 3.72. The number of methoxy groups -OCH3 is 1. The predicted molar refractivity (Wildman–Crippen MR) is 126 cm³/mol. The molecule has 0 fully saturated rings. The maximum absolute atomic E-state index is 12.5. The van der Waals surface area contributed by atoms with Crippen molar-refractivity contribution in [2.24, 2.45) is 0 Å². The van der Waals surface area contributed by atoms with Gasteiger partial charge in [-0.1, -0.05) is 95.7 Å². The maximum atomic E-state index is 12.5. The summed E-state index contributed by atoms with van der Waals surface area (Å²) in [5.74, 6) is 0.610. The van der Waals surface area contributed by atoms with E-state index in [4.69, 9.17) is 16.3 Å². The van der Waals surface area contributed by atoms with Gasteiger partial charge in [-0.15, -0.1) is 0 Å². The minimum Gasteiger partial charge on any atom is -0.495 e. The zero-order valence-corrected chi connectivity index (χ0v) is 20.0. The molecule has 0 saturated carbocycles. The highest BCUT2D eigenvalue weighted by molar-refractivity contribution is 6.32. The lowest BCUT2D eigenvalue weighted by molar-refractivity contribution is -0.122. The van der Waals surface area contributed by atoms with Crippen LogP contribution in [0.4, 0.5) is 0 Å². The molecule has 1 aromatic rings. The summed E-state index contributed by atoms with van der Waals surface area (Å²) in [7, 11) is 1.57. The van der Waals surface area contributed by atoms with E-state index < -0.39 is 6.10 Å². The van der Waals surface area contributed by atoms with Gasteiger partial charge < -0.3 is 15.2 Å². The summed E-state index contributed by atoms with van der Waals surface area (Å²) in [5.41, 5.74) is 0.708. The summed E-state index contributed by atoms with van der Waals surface area (Å²) < 4.78 is 5.20. The van der Waals surface area contributed by atoms with Gasteiger partial charge in [0.2, 0.25) is 5.91 Å². The summed E-state index contributed by atoms with van der Waals surface area (Å²) in [4.78, 5) is 12.5. The van der Waals surface area contributed by atoms with Crippen molar-refractivity contribution in [3.05, 3.63) is 28.8 Å². The average Bonchev–Trinajstić information content (AvgIpc) is 2.74. The minimum atomic E-state index is -0.784. The number of nitrogens with one attached hydrogen (secondary N) is 1. The molecule has 0 aliphatic carbocycles. The molecule has 0 radical (unpaired) electrons. The first-order valence-electron chi connectivity index (χ1n) is 11.8. The number of ether oxygens (including phenoxy) is 1. The van der Waals surface area contributed by atoms with Crippen molar-refractivity contribution in [1.82, 2.24) is 5.32 Å². The number of carbonyl (C=O) groups is 1. The Kier molecular flexibility index (Phi) is 14.7. The van der Waals surface area contributed by atoms with Crippen molar-refractivity contribution in [2.75, 3.05) is 7.11 Å². The normalized spacial score (nSPS) is 13.1. The van der Waals surface area contributed by atoms with E-state index in [-0.39, 0.29) is 11.9 Å². The zero-order valence-electron chi connectivity index (χ0n) is 19.2. The SMILES string of the molecule is CCCCCCCCC(=O)N[C@H](CCCCCCC)[C@H](O)c1ccc(OC)c(Cl)c1. The van der Waals surface area contributed by atoms with Crippen LogP contribution < -0.4 is 10.1 Å². The first-order chi connectivity index (χ1) is 14.5. The van der Waals surface area contributed by atoms with Crippen molar-refractivity contribution in [3.8, 4) is 5.75 Å². The quantitative estimate of drug-likeness (QED) is 0.257. The predicted octanol–water partition coefficient (Wildman–Crippen LogP) is 6.98. The van der Waals surface area contributed by atoms with Gasteiger partial charge in [-0.25, -0.2) is 0 Å². The largest absolute Gasteiger partial charge is 0.495 e. The Balaban J connectivity index is 2.64. The second-order valence-corrected chi connectivity index (χ2v) is 8.64. The molecule has 1 aromatic carbocycles. The lowest BCUT2D eigenvalue weighted by atomic mass is 9.96. The highest BCUT2D eigenvalue weighted by Gasteiger charge is 2.23. The third kappa shape index (κ3) is 10.7. The second-order valence-electron chi connectivity index (χ2n) is 8.23. The lowest BCUT2D eigenvalue weighted by Gasteiger charge is -2.25. The molecular weight excluding hydrogens is 398 g/mol. The van der Waals surface area contributed by atoms with Crippen molar-refractivity contribution < 1.29 is 14.6 Å². The van der Waals surface area contributed by atoms with Gasteiger partial charge in [0.05, 0.1) is 24.3 Å². The number of hydrogen-bond donors (Lipinski definition) is 2. The maximum Gasteiger partial charge on any atom is 0.220 e. The Morgan fingerprint density at radius 3 is 2.20 bits per heavy atom. The van der Waals surface area contributed by atoms with Gasteiger partial charge in [0.25, 0.3) is 0 Å². The highest BCUT2D eigenvalue weighted by atomic mass is 35.5. The molecule has 172 valence electrons. The zero-order chi connectivity index (χ0) is 22.2. The average molecular weight is 440 g/mol. The summed E-state index contributed by atoms with van der Waals surface area (Å²) in [6.07, 6.45) is 13.2. The minimum absolute atomic E-state index is 0.0303. The molecule has 1 rings (SSSR count). The smallest absolute Gasteiger partial charge is 0.220 e. The third-order valence-electron chi connectivity index (χ3n) is 5.62. The molecule has 2 N–H and O–H groups in total. The van der Waals surface area contributed by atoms with Crippen LogP contribution in [0.3, 0.4) is 0 Å². The van der Waals surface area contributed by atoms with Crippen LogP contribution in [-0.2, 0) is 4.79 Å². The van der Waals surface area contributed by atoms with E-state index in [1.807, 2.05) is 6.07 Å². The van der Waals surface area contributed by atoms with Crippen LogP contribution in [0.5, 0.6) is 5.75 Å². The van der Waals surface area contributed by atoms with Gasteiger partial charge in [-0.05, 0) is 30.5 Å². The molecule has 0 heterocycles. The number of hydrogen-bond acceptors (Lipinski definition) is 3. The summed E-state index contributed by atoms with van der Waals surface area (Å²) >= 11 is 6.24. The fourth-order valence-corrected chi connectivity index (χ4v) is 3.99. The van der Waals surface area contributed by atoms with Crippen LogP contribution in [0.15, 0.2) is 18.2 Å². The summed E-state index contributed by atoms with van der Waals surface area (Å²) in [6, 6.07) is 5.01. The molecule has 0 aromatic heterocycles. The highest BCUT2D eigenvalue weighted by Crippen LogP contribution is 2.30. The van der Waals surface area contributed by atoms with E-state index >= 15 is 0 Å². The van der Waals surface area contributed by atoms with Gasteiger partial charge in [0.1, 0.15) is 5.75 Å². The Bertz CT molecular complexity index is 594. The molecule has 0 aliphatic heterocycles. The van der Waals surface area contributed by atoms with Crippen molar-refractivity contribution in [1.29, 1.82) is 0 Å². The Labute approximate surface area is 188 Å². The van der Waals surface area contributed by atoms with E-state index in [0.29, 0.717) is 22.8 Å². The van der Waals surface area contributed by atoms with E-state index in [2.05, 4.69) is 19.2 Å². The van der Waals surface area contributed by atoms with E-state index in [1.165, 1.54) is 44.9 Å². The van der Waals surface area contributed by atoms with Crippen LogP contribution in [0.25, 0.3) is 0 Å². The van der Waals surface area contributed by atoms with Crippen LogP contribution in [-0.4, -0.2) is 24.2 Å². The lowest BCUT2D eigenvalue weighted by Crippen LogP contribution is -2.39. The standard InChI is InChI=1S/C25H42ClNO3/c1-4-6-8-10-12-14-16-24(28)27-22(15-13-11-9-7-5-2)25(29)20-17-18-23(30-3)21(26)19-20/h17-19,22,25,29H,4-16H2,1-3H3,(H,27,28)/t22-,25-/m1/s1. The van der Waals surface area contributed by atoms with Gasteiger partial charge in [0.15, 0.2) is 0 Å². The number of carbonyl (C=O) groups excluding carboxylic acids is 1. The second kappa shape index (κ2) is 16.4. The molecule has 0 spiro atoms. The molecule has 2 atom stereocenters. The van der Waals surface area contributed by atoms with Gasteiger partial charge in [-0.2, -0.15) is 0 Å². The van der Waals surface area contributed by atoms with Crippen molar-refractivity contribution in [2.45, 2.75) is 109 Å². The van der Waals surface area contributed by atoms with E-state index in [9.17, 15) is 9.90 Å². The molecule has 0 unspecified atom stereocenters. The Morgan fingerprint density at radius 1 is 1.00 bits per heavy atom.